The van der Waals surface area contributed by atoms with Crippen LogP contribution in [0.25, 0.3) is 0 Å². The molecule has 2 unspecified atom stereocenters. The van der Waals surface area contributed by atoms with Crippen LogP contribution in [0.15, 0.2) is 28.5 Å². The molecule has 5 rings (SSSR count). The van der Waals surface area contributed by atoms with Gasteiger partial charge in [-0.2, -0.15) is 5.26 Å². The minimum atomic E-state index is -0.809. The summed E-state index contributed by atoms with van der Waals surface area (Å²) in [6, 6.07) is 2.17. The van der Waals surface area contributed by atoms with E-state index < -0.39 is 21.7 Å². The summed E-state index contributed by atoms with van der Waals surface area (Å²) in [5, 5.41) is 13.9. The largest absolute Gasteiger partial charge is 0.384 e. The summed E-state index contributed by atoms with van der Waals surface area (Å²) >= 11 is 0. The van der Waals surface area contributed by atoms with Crippen LogP contribution in [0.5, 0.6) is 0 Å². The third kappa shape index (κ3) is 4.39. The Morgan fingerprint density at radius 1 is 1.07 bits per heavy atom. The van der Waals surface area contributed by atoms with Crippen LogP contribution in [-0.4, -0.2) is 37.1 Å². The molecule has 7 atom stereocenters. The monoisotopic (exact) mass is 591 g/mol. The average molecular weight is 592 g/mol. The summed E-state index contributed by atoms with van der Waals surface area (Å²) in [6.45, 7) is 15.4. The maximum Gasteiger partial charge on any atom is 0.341 e. The number of methoxy groups -OCH3 is 1. The maximum absolute atomic E-state index is 14.6. The van der Waals surface area contributed by atoms with Gasteiger partial charge in [0.2, 0.25) is 0 Å². The van der Waals surface area contributed by atoms with E-state index >= 15 is 0 Å². The summed E-state index contributed by atoms with van der Waals surface area (Å²) in [7, 11) is 1.58. The Morgan fingerprint density at radius 2 is 1.74 bits per heavy atom. The van der Waals surface area contributed by atoms with E-state index in [0.717, 1.165) is 31.3 Å². The quantitative estimate of drug-likeness (QED) is 0.178. The molecule has 0 amide bonds. The first-order chi connectivity index (χ1) is 19.9. The lowest BCUT2D eigenvalue weighted by atomic mass is 9.34. The number of ether oxygens (including phenoxy) is 1. The Balaban J connectivity index is 1.61. The van der Waals surface area contributed by atoms with E-state index in [1.54, 1.807) is 7.11 Å². The third-order valence-corrected chi connectivity index (χ3v) is 13.1. The molecule has 0 aliphatic heterocycles. The number of hydrogen-bond donors (Lipinski definition) is 1. The SMILES string of the molecule is COCCC(N)=NOC(=O)[C@]12CCC(C)(C)CC1C1C(=O)C=C3[C@@]4(C)C=C(C#N)C(=O)C(C)(C)[C@@H]4CC[C@@]3(C)[C@]1(C)CC2. The summed E-state index contributed by atoms with van der Waals surface area (Å²) in [6.07, 6.45) is 9.34. The maximum atomic E-state index is 14.6. The fourth-order valence-electron chi connectivity index (χ4n) is 10.4. The van der Waals surface area contributed by atoms with Crippen LogP contribution < -0.4 is 5.73 Å². The molecule has 0 aromatic heterocycles. The van der Waals surface area contributed by atoms with Crippen LogP contribution in [0.1, 0.15) is 99.8 Å². The number of nitrogens with zero attached hydrogens (tertiary/aromatic N) is 2. The molecule has 0 spiro atoms. The molecular weight excluding hydrogens is 542 g/mol. The second-order valence-corrected chi connectivity index (χ2v) is 16.1. The van der Waals surface area contributed by atoms with Gasteiger partial charge in [-0.25, -0.2) is 4.79 Å². The molecule has 0 aromatic rings. The average Bonchev–Trinajstić information content (AvgIpc) is 2.93. The Morgan fingerprint density at radius 3 is 2.40 bits per heavy atom. The topological polar surface area (TPSA) is 132 Å². The zero-order chi connectivity index (χ0) is 31.8. The number of rotatable bonds is 5. The van der Waals surface area contributed by atoms with Gasteiger partial charge in [0.25, 0.3) is 0 Å². The first kappa shape index (κ1) is 31.6. The number of fused-ring (bicyclic) bond motifs is 7. The van der Waals surface area contributed by atoms with Crippen molar-refractivity contribution in [2.75, 3.05) is 13.7 Å². The van der Waals surface area contributed by atoms with Gasteiger partial charge in [-0.3, -0.25) is 9.59 Å². The second kappa shape index (κ2) is 10.1. The number of carbonyl (C=O) groups is 3. The van der Waals surface area contributed by atoms with Crippen LogP contribution >= 0.6 is 0 Å². The van der Waals surface area contributed by atoms with Gasteiger partial charge in [0.1, 0.15) is 11.9 Å². The van der Waals surface area contributed by atoms with Crippen molar-refractivity contribution in [3.63, 3.8) is 0 Å². The molecule has 0 radical (unpaired) electrons. The third-order valence-electron chi connectivity index (χ3n) is 13.1. The van der Waals surface area contributed by atoms with E-state index in [2.05, 4.69) is 45.8 Å². The van der Waals surface area contributed by atoms with Gasteiger partial charge >= 0.3 is 5.97 Å². The van der Waals surface area contributed by atoms with Crippen molar-refractivity contribution in [3.05, 3.63) is 23.3 Å². The number of Topliss-reactive ketones (excluding diaryl/α,β-unsaturated/α-hetero) is 1. The number of oxime groups is 1. The van der Waals surface area contributed by atoms with Crippen molar-refractivity contribution in [1.29, 1.82) is 5.26 Å². The minimum Gasteiger partial charge on any atom is -0.384 e. The van der Waals surface area contributed by atoms with Gasteiger partial charge in [0.15, 0.2) is 11.6 Å². The molecule has 8 nitrogen and oxygen atoms in total. The Bertz CT molecular complexity index is 1380. The van der Waals surface area contributed by atoms with Crippen molar-refractivity contribution in [3.8, 4) is 6.07 Å². The van der Waals surface area contributed by atoms with Crippen molar-refractivity contribution in [1.82, 2.24) is 0 Å². The van der Waals surface area contributed by atoms with Gasteiger partial charge < -0.3 is 15.3 Å². The number of nitrogens with two attached hydrogens (primary N) is 1. The zero-order valence-electron chi connectivity index (χ0n) is 27.3. The van der Waals surface area contributed by atoms with E-state index in [1.165, 1.54) is 0 Å². The zero-order valence-corrected chi connectivity index (χ0v) is 27.3. The number of allylic oxidation sites excluding steroid dienone is 4. The summed E-state index contributed by atoms with van der Waals surface area (Å²) < 4.78 is 5.07. The standard InChI is InChI=1S/C35H49N3O5/c1-30(2)12-14-35(29(41)43-38-26(37)10-16-42-8)15-13-34(7)27(22(35)19-30)23(39)17-25-32(5)18-21(20-36)28(40)31(3,4)24(32)9-11-33(25,34)6/h17-18,22,24,27H,9-16,19H2,1-8H3,(H2,37,38)/t22?,24-,27?,32-,33+,34+,35-/m0/s1. The smallest absolute Gasteiger partial charge is 0.341 e. The van der Waals surface area contributed by atoms with Crippen LogP contribution in [0, 0.1) is 61.6 Å². The van der Waals surface area contributed by atoms with Crippen LogP contribution in [-0.2, 0) is 24.0 Å². The lowest BCUT2D eigenvalue weighted by molar-refractivity contribution is -0.193. The predicted molar refractivity (Wildman–Crippen MR) is 163 cm³/mol. The molecule has 5 aliphatic rings. The minimum absolute atomic E-state index is 0.00965. The van der Waals surface area contributed by atoms with E-state index in [-0.39, 0.29) is 57.5 Å². The number of ketones is 2. The molecule has 2 N–H and O–H groups in total. The molecule has 0 bridgehead atoms. The normalized spacial score (nSPS) is 41.4. The molecule has 0 saturated heterocycles. The molecule has 0 aromatic carbocycles. The van der Waals surface area contributed by atoms with Crippen LogP contribution in [0.2, 0.25) is 0 Å². The van der Waals surface area contributed by atoms with Gasteiger partial charge in [-0.15, -0.1) is 0 Å². The van der Waals surface area contributed by atoms with E-state index in [9.17, 15) is 19.6 Å². The highest BCUT2D eigenvalue weighted by Crippen LogP contribution is 2.74. The molecule has 5 aliphatic carbocycles. The van der Waals surface area contributed by atoms with Gasteiger partial charge in [-0.1, -0.05) is 65.3 Å². The van der Waals surface area contributed by atoms with E-state index in [0.29, 0.717) is 32.3 Å². The molecule has 8 heteroatoms. The second-order valence-electron chi connectivity index (χ2n) is 16.1. The van der Waals surface area contributed by atoms with Crippen molar-refractivity contribution in [2.45, 2.75) is 99.8 Å². The van der Waals surface area contributed by atoms with Crippen molar-refractivity contribution < 1.29 is 24.0 Å². The highest BCUT2D eigenvalue weighted by atomic mass is 16.7. The van der Waals surface area contributed by atoms with Crippen molar-refractivity contribution in [2.24, 2.45) is 61.1 Å². The summed E-state index contributed by atoms with van der Waals surface area (Å²) in [5.74, 6) is -0.783. The fraction of sp³-hybridized carbons (Fsp3) is 0.743. The number of carbonyl (C=O) groups excluding carboxylic acids is 3. The van der Waals surface area contributed by atoms with Crippen LogP contribution in [0.3, 0.4) is 0 Å². The first-order valence-corrected chi connectivity index (χ1v) is 15.9. The molecule has 3 saturated carbocycles. The fourth-order valence-corrected chi connectivity index (χ4v) is 10.4. The van der Waals surface area contributed by atoms with Crippen LogP contribution in [0.4, 0.5) is 0 Å². The Labute approximate surface area is 256 Å². The molecule has 234 valence electrons. The van der Waals surface area contributed by atoms with Crippen molar-refractivity contribution >= 4 is 23.4 Å². The molecule has 43 heavy (non-hydrogen) atoms. The predicted octanol–water partition coefficient (Wildman–Crippen LogP) is 6.06. The molecular formula is C35H49N3O5. The number of hydrogen-bond acceptors (Lipinski definition) is 7. The van der Waals surface area contributed by atoms with Gasteiger partial charge in [0.05, 0.1) is 17.6 Å². The number of nitriles is 1. The lowest BCUT2D eigenvalue weighted by Crippen LogP contribution is -2.65. The highest BCUT2D eigenvalue weighted by molar-refractivity contribution is 6.04. The van der Waals surface area contributed by atoms with E-state index in [4.69, 9.17) is 15.3 Å². The lowest BCUT2D eigenvalue weighted by Gasteiger charge is -2.68. The van der Waals surface area contributed by atoms with E-state index in [1.807, 2.05) is 26.0 Å². The Hall–Kier alpha value is -2.79. The van der Waals surface area contributed by atoms with Gasteiger partial charge in [0, 0.05) is 30.3 Å². The number of amidine groups is 1. The molecule has 0 heterocycles. The summed E-state index contributed by atoms with van der Waals surface area (Å²) in [4.78, 5) is 47.4. The highest BCUT2D eigenvalue weighted by Gasteiger charge is 2.71. The van der Waals surface area contributed by atoms with Gasteiger partial charge in [-0.05, 0) is 79.1 Å². The Kier molecular flexibility index (Phi) is 7.44. The summed E-state index contributed by atoms with van der Waals surface area (Å²) in [5.41, 5.74) is 4.35. The molecule has 3 fully saturated rings. The first-order valence-electron chi connectivity index (χ1n) is 15.9.